The van der Waals surface area contributed by atoms with Crippen LogP contribution in [0.5, 0.6) is 5.75 Å². The van der Waals surface area contributed by atoms with Crippen molar-refractivity contribution in [3.63, 3.8) is 0 Å². The number of rotatable bonds is 3. The summed E-state index contributed by atoms with van der Waals surface area (Å²) in [6.07, 6.45) is 0. The Kier molecular flexibility index (Phi) is 4.10. The largest absolute Gasteiger partial charge is 0.491 e. The van der Waals surface area contributed by atoms with Gasteiger partial charge in [0.1, 0.15) is 12.4 Å². The molecular weight excluding hydrogens is 280 g/mol. The lowest BCUT2D eigenvalue weighted by atomic mass is 10.1. The van der Waals surface area contributed by atoms with Gasteiger partial charge in [-0.1, -0.05) is 11.6 Å². The molecule has 2 aliphatic heterocycles. The maximum Gasteiger partial charge on any atom is 0.234 e. The van der Waals surface area contributed by atoms with Crippen molar-refractivity contribution >= 4 is 17.5 Å². The molecular formula is C14H17ClN2O3. The molecule has 1 unspecified atom stereocenters. The third kappa shape index (κ3) is 3.06. The van der Waals surface area contributed by atoms with Crippen LogP contribution in [0.1, 0.15) is 11.6 Å². The highest BCUT2D eigenvalue weighted by Gasteiger charge is 2.26. The van der Waals surface area contributed by atoms with E-state index in [2.05, 4.69) is 10.2 Å². The number of carbonyl (C=O) groups is 1. The van der Waals surface area contributed by atoms with Crippen molar-refractivity contribution in [1.29, 1.82) is 0 Å². The van der Waals surface area contributed by atoms with Gasteiger partial charge in [0.05, 0.1) is 25.8 Å². The zero-order valence-corrected chi connectivity index (χ0v) is 11.9. The summed E-state index contributed by atoms with van der Waals surface area (Å²) in [5.41, 5.74) is 0.952. The average Bonchev–Trinajstić information content (AvgIpc) is 2.82. The van der Waals surface area contributed by atoms with Crippen LogP contribution in [0, 0.1) is 0 Å². The number of halogens is 1. The van der Waals surface area contributed by atoms with E-state index >= 15 is 0 Å². The second-order valence-electron chi connectivity index (χ2n) is 5.00. The molecule has 1 atom stereocenters. The Hall–Kier alpha value is -1.30. The zero-order chi connectivity index (χ0) is 13.9. The molecule has 0 spiro atoms. The lowest BCUT2D eigenvalue weighted by Crippen LogP contribution is -2.44. The van der Waals surface area contributed by atoms with E-state index in [4.69, 9.17) is 21.1 Å². The van der Waals surface area contributed by atoms with Crippen LogP contribution in [0.4, 0.5) is 0 Å². The van der Waals surface area contributed by atoms with Gasteiger partial charge >= 0.3 is 0 Å². The van der Waals surface area contributed by atoms with Gasteiger partial charge in [-0.15, -0.1) is 0 Å². The predicted molar refractivity (Wildman–Crippen MR) is 75.1 cm³/mol. The maximum atomic E-state index is 12.1. The molecule has 0 saturated carbocycles. The smallest absolute Gasteiger partial charge is 0.234 e. The van der Waals surface area contributed by atoms with Gasteiger partial charge in [-0.2, -0.15) is 0 Å². The van der Waals surface area contributed by atoms with Crippen LogP contribution in [-0.4, -0.2) is 50.3 Å². The van der Waals surface area contributed by atoms with E-state index in [-0.39, 0.29) is 11.9 Å². The molecule has 0 radical (unpaired) electrons. The summed E-state index contributed by atoms with van der Waals surface area (Å²) in [6.45, 7) is 3.85. The molecule has 5 nitrogen and oxygen atoms in total. The number of nitrogens with one attached hydrogen (secondary N) is 1. The summed E-state index contributed by atoms with van der Waals surface area (Å²) in [5.74, 6) is 0.805. The van der Waals surface area contributed by atoms with Crippen molar-refractivity contribution in [3.05, 3.63) is 28.8 Å². The predicted octanol–water partition coefficient (Wildman–Crippen LogP) is 1.22. The Morgan fingerprint density at radius 2 is 2.20 bits per heavy atom. The highest BCUT2D eigenvalue weighted by Crippen LogP contribution is 2.34. The third-order valence-electron chi connectivity index (χ3n) is 3.56. The standard InChI is InChI=1S/C14H17ClN2O3/c15-10-1-2-13-11(7-10)12(9-20-13)16-14(18)8-17-3-5-19-6-4-17/h1-2,7,12H,3-6,8-9H2,(H,16,18). The van der Waals surface area contributed by atoms with Gasteiger partial charge in [0.25, 0.3) is 0 Å². The normalized spacial score (nSPS) is 22.1. The number of carbonyl (C=O) groups excluding carboxylic acids is 1. The van der Waals surface area contributed by atoms with Crippen molar-refractivity contribution < 1.29 is 14.3 Å². The first-order valence-corrected chi connectivity index (χ1v) is 7.12. The number of benzene rings is 1. The number of ether oxygens (including phenoxy) is 2. The summed E-state index contributed by atoms with van der Waals surface area (Å²) >= 11 is 5.99. The molecule has 3 rings (SSSR count). The molecule has 0 bridgehead atoms. The molecule has 6 heteroatoms. The van der Waals surface area contributed by atoms with Gasteiger partial charge in [-0.3, -0.25) is 9.69 Å². The second kappa shape index (κ2) is 5.99. The van der Waals surface area contributed by atoms with Crippen molar-refractivity contribution in [2.24, 2.45) is 0 Å². The molecule has 2 heterocycles. The molecule has 2 aliphatic rings. The molecule has 1 N–H and O–H groups in total. The molecule has 20 heavy (non-hydrogen) atoms. The number of amides is 1. The number of hydrogen-bond donors (Lipinski definition) is 1. The van der Waals surface area contributed by atoms with Crippen LogP contribution < -0.4 is 10.1 Å². The van der Waals surface area contributed by atoms with Gasteiger partial charge in [0.2, 0.25) is 5.91 Å². The minimum atomic E-state index is -0.114. The molecule has 108 valence electrons. The van der Waals surface area contributed by atoms with E-state index < -0.39 is 0 Å². The lowest BCUT2D eigenvalue weighted by molar-refractivity contribution is -0.124. The van der Waals surface area contributed by atoms with E-state index in [1.807, 2.05) is 12.1 Å². The van der Waals surface area contributed by atoms with Gasteiger partial charge in [0.15, 0.2) is 0 Å². The Morgan fingerprint density at radius 3 is 3.00 bits per heavy atom. The van der Waals surface area contributed by atoms with E-state index in [1.165, 1.54) is 0 Å². The first-order valence-electron chi connectivity index (χ1n) is 6.74. The number of nitrogens with zero attached hydrogens (tertiary/aromatic N) is 1. The van der Waals surface area contributed by atoms with E-state index in [1.54, 1.807) is 6.07 Å². The molecule has 1 fully saturated rings. The van der Waals surface area contributed by atoms with Crippen LogP contribution in [-0.2, 0) is 9.53 Å². The SMILES string of the molecule is O=C(CN1CCOCC1)NC1COc2ccc(Cl)cc21. The summed E-state index contributed by atoms with van der Waals surface area (Å²) in [6, 6.07) is 5.37. The third-order valence-corrected chi connectivity index (χ3v) is 3.79. The lowest BCUT2D eigenvalue weighted by Gasteiger charge is -2.26. The quantitative estimate of drug-likeness (QED) is 0.911. The fraction of sp³-hybridized carbons (Fsp3) is 0.500. The fourth-order valence-electron chi connectivity index (χ4n) is 2.51. The van der Waals surface area contributed by atoms with Gasteiger partial charge in [-0.05, 0) is 18.2 Å². The monoisotopic (exact) mass is 296 g/mol. The topological polar surface area (TPSA) is 50.8 Å². The van der Waals surface area contributed by atoms with Crippen LogP contribution >= 0.6 is 11.6 Å². The fourth-order valence-corrected chi connectivity index (χ4v) is 2.69. The van der Waals surface area contributed by atoms with Gasteiger partial charge < -0.3 is 14.8 Å². The van der Waals surface area contributed by atoms with Crippen LogP contribution in [0.25, 0.3) is 0 Å². The summed E-state index contributed by atoms with van der Waals surface area (Å²) in [7, 11) is 0. The second-order valence-corrected chi connectivity index (χ2v) is 5.44. The van der Waals surface area contributed by atoms with Crippen LogP contribution in [0.15, 0.2) is 18.2 Å². The summed E-state index contributed by atoms with van der Waals surface area (Å²) in [4.78, 5) is 14.2. The molecule has 0 aliphatic carbocycles. The Balaban J connectivity index is 1.59. The Morgan fingerprint density at radius 1 is 1.40 bits per heavy atom. The number of hydrogen-bond acceptors (Lipinski definition) is 4. The van der Waals surface area contributed by atoms with E-state index in [0.29, 0.717) is 31.4 Å². The minimum absolute atomic E-state index is 0.00771. The average molecular weight is 297 g/mol. The van der Waals surface area contributed by atoms with E-state index in [9.17, 15) is 4.79 Å². The molecule has 0 aromatic heterocycles. The van der Waals surface area contributed by atoms with Gasteiger partial charge in [0, 0.05) is 23.7 Å². The maximum absolute atomic E-state index is 12.1. The van der Waals surface area contributed by atoms with Crippen molar-refractivity contribution in [3.8, 4) is 5.75 Å². The van der Waals surface area contributed by atoms with Crippen molar-refractivity contribution in [2.75, 3.05) is 39.5 Å². The summed E-state index contributed by atoms with van der Waals surface area (Å²) in [5, 5.41) is 3.66. The minimum Gasteiger partial charge on any atom is -0.491 e. The molecule has 1 aromatic carbocycles. The first kappa shape index (κ1) is 13.7. The Labute approximate surface area is 122 Å². The first-order chi connectivity index (χ1) is 9.72. The molecule has 1 saturated heterocycles. The Bertz CT molecular complexity index is 503. The zero-order valence-electron chi connectivity index (χ0n) is 11.1. The van der Waals surface area contributed by atoms with E-state index in [0.717, 1.165) is 24.4 Å². The number of morpholine rings is 1. The molecule has 1 aromatic rings. The highest BCUT2D eigenvalue weighted by atomic mass is 35.5. The van der Waals surface area contributed by atoms with Crippen molar-refractivity contribution in [2.45, 2.75) is 6.04 Å². The summed E-state index contributed by atoms with van der Waals surface area (Å²) < 4.78 is 10.8. The highest BCUT2D eigenvalue weighted by molar-refractivity contribution is 6.30. The van der Waals surface area contributed by atoms with Crippen molar-refractivity contribution in [1.82, 2.24) is 10.2 Å². The molecule has 1 amide bonds. The number of fused-ring (bicyclic) bond motifs is 1. The van der Waals surface area contributed by atoms with Crippen LogP contribution in [0.2, 0.25) is 5.02 Å². The van der Waals surface area contributed by atoms with Gasteiger partial charge in [-0.25, -0.2) is 0 Å². The van der Waals surface area contributed by atoms with Crippen LogP contribution in [0.3, 0.4) is 0 Å².